The Hall–Kier alpha value is -4.05. The number of rotatable bonds is 9. The third-order valence-electron chi connectivity index (χ3n) is 9.14. The molecule has 0 bridgehead atoms. The second kappa shape index (κ2) is 12.9. The molecule has 10 heteroatoms. The van der Waals surface area contributed by atoms with Crippen molar-refractivity contribution in [3.8, 4) is 0 Å². The number of nitrogens with two attached hydrogens (primary N) is 1. The van der Waals surface area contributed by atoms with Crippen molar-refractivity contribution in [1.82, 2.24) is 15.1 Å². The molecule has 2 aromatic carbocycles. The van der Waals surface area contributed by atoms with Crippen LogP contribution in [-0.2, 0) is 26.2 Å². The van der Waals surface area contributed by atoms with E-state index in [1.807, 2.05) is 4.90 Å². The van der Waals surface area contributed by atoms with E-state index in [2.05, 4.69) is 55.7 Å². The minimum Gasteiger partial charge on any atom is -0.384 e. The van der Waals surface area contributed by atoms with Crippen molar-refractivity contribution in [2.75, 3.05) is 25.0 Å². The predicted octanol–water partition coefficient (Wildman–Crippen LogP) is 3.39. The molecule has 2 saturated heterocycles. The molecule has 234 valence electrons. The number of carbonyl (C=O) groups is 5. The number of nitrogens with one attached hydrogen (secondary N) is 2. The molecular weight excluding hydrogens is 558 g/mol. The zero-order valence-corrected chi connectivity index (χ0v) is 25.9. The fourth-order valence-corrected chi connectivity index (χ4v) is 6.37. The molecule has 3 aliphatic heterocycles. The highest BCUT2D eigenvalue weighted by atomic mass is 16.2. The quantitative estimate of drug-likeness (QED) is 0.374. The van der Waals surface area contributed by atoms with Crippen molar-refractivity contribution in [2.45, 2.75) is 83.2 Å². The van der Waals surface area contributed by atoms with E-state index in [4.69, 9.17) is 5.73 Å². The number of imide groups is 2. The van der Waals surface area contributed by atoms with Crippen LogP contribution in [-0.4, -0.2) is 71.1 Å². The lowest BCUT2D eigenvalue weighted by Crippen LogP contribution is -2.54. The molecule has 5 amide bonds. The molecule has 44 heavy (non-hydrogen) atoms. The van der Waals surface area contributed by atoms with Gasteiger partial charge < -0.3 is 16.0 Å². The second-order valence-corrected chi connectivity index (χ2v) is 13.3. The summed E-state index contributed by atoms with van der Waals surface area (Å²) in [7, 11) is 0. The predicted molar refractivity (Wildman–Crippen MR) is 167 cm³/mol. The van der Waals surface area contributed by atoms with E-state index in [9.17, 15) is 24.0 Å². The second-order valence-electron chi connectivity index (χ2n) is 13.3. The lowest BCUT2D eigenvalue weighted by Gasteiger charge is -2.33. The first kappa shape index (κ1) is 31.4. The Morgan fingerprint density at radius 3 is 2.36 bits per heavy atom. The van der Waals surface area contributed by atoms with Crippen LogP contribution in [0.5, 0.6) is 0 Å². The number of fused-ring (bicyclic) bond motifs is 1. The van der Waals surface area contributed by atoms with Crippen LogP contribution < -0.4 is 16.4 Å². The number of hydrogen-bond donors (Lipinski definition) is 3. The van der Waals surface area contributed by atoms with Gasteiger partial charge >= 0.3 is 0 Å². The molecule has 3 heterocycles. The van der Waals surface area contributed by atoms with Crippen LogP contribution in [0.2, 0.25) is 0 Å². The maximum absolute atomic E-state index is 13.3. The minimum atomic E-state index is -0.992. The van der Waals surface area contributed by atoms with E-state index in [1.54, 1.807) is 18.2 Å². The number of hydrogen-bond acceptors (Lipinski definition) is 7. The van der Waals surface area contributed by atoms with Gasteiger partial charge in [-0.05, 0) is 73.1 Å². The first-order chi connectivity index (χ1) is 20.9. The van der Waals surface area contributed by atoms with Crippen LogP contribution >= 0.6 is 0 Å². The first-order valence-electron chi connectivity index (χ1n) is 15.7. The van der Waals surface area contributed by atoms with E-state index in [1.165, 1.54) is 11.1 Å². The van der Waals surface area contributed by atoms with Gasteiger partial charge in [0.15, 0.2) is 0 Å². The smallest absolute Gasteiger partial charge is 0.264 e. The lowest BCUT2D eigenvalue weighted by molar-refractivity contribution is -0.136. The Morgan fingerprint density at radius 1 is 1.00 bits per heavy atom. The number of piperidine rings is 2. The topological polar surface area (TPSA) is 142 Å². The number of anilines is 1. The van der Waals surface area contributed by atoms with Crippen LogP contribution in [0.15, 0.2) is 42.5 Å². The van der Waals surface area contributed by atoms with Gasteiger partial charge in [-0.2, -0.15) is 0 Å². The van der Waals surface area contributed by atoms with Crippen LogP contribution in [0.1, 0.15) is 91.1 Å². The highest BCUT2D eigenvalue weighted by molar-refractivity contribution is 6.25. The fraction of sp³-hybridized carbons (Fsp3) is 0.500. The third-order valence-corrected chi connectivity index (χ3v) is 9.14. The van der Waals surface area contributed by atoms with Gasteiger partial charge in [0.05, 0.1) is 17.2 Å². The summed E-state index contributed by atoms with van der Waals surface area (Å²) in [6.45, 7) is 8.52. The van der Waals surface area contributed by atoms with E-state index in [-0.39, 0.29) is 35.3 Å². The SMILES string of the molecule is CC(C)(C)c1ccc(CC[C@H](N)C(=O)N2CCC(CCNc3cccc4c3C(=O)N(C3CCC(=O)NC3=O)C4=O)CC2)cc1. The molecule has 5 rings (SSSR count). The Morgan fingerprint density at radius 2 is 1.70 bits per heavy atom. The highest BCUT2D eigenvalue weighted by Gasteiger charge is 2.45. The van der Waals surface area contributed by atoms with E-state index in [0.717, 1.165) is 30.6 Å². The monoisotopic (exact) mass is 601 g/mol. The molecule has 0 spiro atoms. The zero-order valence-electron chi connectivity index (χ0n) is 25.9. The molecular formula is C34H43N5O5. The maximum Gasteiger partial charge on any atom is 0.264 e. The maximum atomic E-state index is 13.3. The van der Waals surface area contributed by atoms with Crippen LogP contribution in [0.4, 0.5) is 5.69 Å². The first-order valence-corrected chi connectivity index (χ1v) is 15.7. The molecule has 10 nitrogen and oxygen atoms in total. The van der Waals surface area contributed by atoms with Gasteiger partial charge in [0.2, 0.25) is 17.7 Å². The van der Waals surface area contributed by atoms with Crippen LogP contribution in [0.25, 0.3) is 0 Å². The molecule has 1 unspecified atom stereocenters. The Kier molecular flexibility index (Phi) is 9.20. The fourth-order valence-electron chi connectivity index (χ4n) is 6.37. The summed E-state index contributed by atoms with van der Waals surface area (Å²) in [5, 5.41) is 5.55. The van der Waals surface area contributed by atoms with Crippen molar-refractivity contribution >= 4 is 35.2 Å². The molecule has 4 N–H and O–H groups in total. The molecule has 2 atom stereocenters. The molecule has 0 aliphatic carbocycles. The van der Waals surface area contributed by atoms with Crippen molar-refractivity contribution in [3.05, 3.63) is 64.7 Å². The summed E-state index contributed by atoms with van der Waals surface area (Å²) >= 11 is 0. The van der Waals surface area contributed by atoms with Crippen LogP contribution in [0, 0.1) is 5.92 Å². The summed E-state index contributed by atoms with van der Waals surface area (Å²) in [6, 6.07) is 12.1. The zero-order chi connectivity index (χ0) is 31.6. The average Bonchev–Trinajstić information content (AvgIpc) is 3.25. The summed E-state index contributed by atoms with van der Waals surface area (Å²) < 4.78 is 0. The molecule has 3 aliphatic rings. The van der Waals surface area contributed by atoms with Crippen LogP contribution in [0.3, 0.4) is 0 Å². The Labute approximate surface area is 258 Å². The normalized spacial score (nSPS) is 20.0. The standard InChI is InChI=1S/C34H43N5O5/c1-34(2,3)23-10-7-21(8-11-23)9-12-25(35)32(43)38-19-16-22(17-20-38)15-18-36-26-6-4-5-24-29(26)33(44)39(31(24)42)27-13-14-28(40)37-30(27)41/h4-8,10-11,22,25,27,36H,9,12-20,35H2,1-3H3,(H,37,40,41)/t25-,27?/m0/s1. The van der Waals surface area contributed by atoms with Gasteiger partial charge in [0, 0.05) is 31.7 Å². The number of amides is 5. The number of nitrogens with zero attached hydrogens (tertiary/aromatic N) is 2. The van der Waals surface area contributed by atoms with E-state index >= 15 is 0 Å². The molecule has 2 fully saturated rings. The summed E-state index contributed by atoms with van der Waals surface area (Å²) in [6.07, 6.45) is 4.18. The van der Waals surface area contributed by atoms with Gasteiger partial charge in [-0.3, -0.25) is 34.2 Å². The number of likely N-dealkylation sites (tertiary alicyclic amines) is 1. The van der Waals surface area contributed by atoms with E-state index in [0.29, 0.717) is 37.7 Å². The van der Waals surface area contributed by atoms with Crippen molar-refractivity contribution < 1.29 is 24.0 Å². The Balaban J connectivity index is 1.08. The van der Waals surface area contributed by atoms with Gasteiger partial charge in [0.25, 0.3) is 11.8 Å². The van der Waals surface area contributed by atoms with Crippen molar-refractivity contribution in [3.63, 3.8) is 0 Å². The highest BCUT2D eigenvalue weighted by Crippen LogP contribution is 2.33. The number of benzene rings is 2. The van der Waals surface area contributed by atoms with Gasteiger partial charge in [-0.15, -0.1) is 0 Å². The Bertz CT molecular complexity index is 1440. The number of aryl methyl sites for hydroxylation is 1. The van der Waals surface area contributed by atoms with Gasteiger partial charge in [-0.25, -0.2) is 0 Å². The third kappa shape index (κ3) is 6.70. The summed E-state index contributed by atoms with van der Waals surface area (Å²) in [4.78, 5) is 66.2. The summed E-state index contributed by atoms with van der Waals surface area (Å²) in [5.74, 6) is -1.64. The largest absolute Gasteiger partial charge is 0.384 e. The lowest BCUT2D eigenvalue weighted by atomic mass is 9.86. The molecule has 0 radical (unpaired) electrons. The van der Waals surface area contributed by atoms with Gasteiger partial charge in [0.1, 0.15) is 6.04 Å². The van der Waals surface area contributed by atoms with E-state index < -0.39 is 35.7 Å². The average molecular weight is 602 g/mol. The molecule has 0 saturated carbocycles. The summed E-state index contributed by atoms with van der Waals surface area (Å²) in [5.41, 5.74) is 9.98. The number of carbonyl (C=O) groups excluding carboxylic acids is 5. The minimum absolute atomic E-state index is 0.0106. The molecule has 2 aromatic rings. The molecule has 0 aromatic heterocycles. The van der Waals surface area contributed by atoms with Crippen molar-refractivity contribution in [1.29, 1.82) is 0 Å². The van der Waals surface area contributed by atoms with Gasteiger partial charge in [-0.1, -0.05) is 51.1 Å². The van der Waals surface area contributed by atoms with Crippen molar-refractivity contribution in [2.24, 2.45) is 11.7 Å².